The molecule has 0 bridgehead atoms. The van der Waals surface area contributed by atoms with Gasteiger partial charge in [0.05, 0.1) is 0 Å². The number of rotatable bonds is 0. The second-order valence-electron chi connectivity index (χ2n) is 0.983. The number of carbonyl (C=O) groups is 2. The van der Waals surface area contributed by atoms with E-state index in [1.807, 2.05) is 0 Å². The molecule has 0 saturated heterocycles. The maximum atomic E-state index is 8.89. The van der Waals surface area contributed by atoms with Crippen LogP contribution >= 0.6 is 0 Å². The van der Waals surface area contributed by atoms with E-state index in [2.05, 4.69) is 0 Å². The largest absolute Gasteiger partial charge is 3.00 e. The molecule has 0 N–H and O–H groups in total. The Labute approximate surface area is 80.2 Å². The number of aliphatic carboxylic acids is 2. The molecule has 0 amide bonds. The molecule has 0 spiro atoms. The minimum absolute atomic E-state index is 0. The zero-order chi connectivity index (χ0) is 7.15. The van der Waals surface area contributed by atoms with Crippen LogP contribution in [-0.4, -0.2) is 29.3 Å². The van der Waals surface area contributed by atoms with Crippen LogP contribution in [0, 0.1) is 0 Å². The van der Waals surface area contributed by atoms with Crippen LogP contribution in [0.2, 0.25) is 0 Å². The van der Waals surface area contributed by atoms with Crippen molar-refractivity contribution in [2.75, 3.05) is 0 Å². The Morgan fingerprint density at radius 3 is 1.00 bits per heavy atom. The summed E-state index contributed by atoms with van der Waals surface area (Å²) >= 11 is 0. The van der Waals surface area contributed by atoms with Crippen molar-refractivity contribution in [1.82, 2.24) is 0 Å². The van der Waals surface area contributed by atoms with Crippen molar-refractivity contribution in [3.63, 3.8) is 0 Å². The standard InChI is InChI=1S/2C2H4O2.Al.Fe/c2*1-2(3)4;;/h2*1H3,(H,3,4);;/q;;+3;+2/p-2. The van der Waals surface area contributed by atoms with E-state index in [9.17, 15) is 0 Å². The molecule has 6 heteroatoms. The van der Waals surface area contributed by atoms with Gasteiger partial charge in [-0.1, -0.05) is 0 Å². The van der Waals surface area contributed by atoms with Gasteiger partial charge in [0, 0.05) is 11.9 Å². The summed E-state index contributed by atoms with van der Waals surface area (Å²) in [7, 11) is 0. The van der Waals surface area contributed by atoms with Gasteiger partial charge < -0.3 is 19.8 Å². The van der Waals surface area contributed by atoms with Gasteiger partial charge >= 0.3 is 34.4 Å². The number of carboxylic acid groups (broad SMARTS) is 2. The van der Waals surface area contributed by atoms with E-state index in [1.165, 1.54) is 0 Å². The van der Waals surface area contributed by atoms with Gasteiger partial charge in [0.1, 0.15) is 0 Å². The predicted octanol–water partition coefficient (Wildman–Crippen LogP) is -2.87. The second-order valence-corrected chi connectivity index (χ2v) is 0.983. The molecule has 0 aliphatic rings. The van der Waals surface area contributed by atoms with Gasteiger partial charge in [-0.25, -0.2) is 0 Å². The van der Waals surface area contributed by atoms with Crippen molar-refractivity contribution in [1.29, 1.82) is 0 Å². The Morgan fingerprint density at radius 1 is 1.00 bits per heavy atom. The molecule has 0 saturated carbocycles. The molecular weight excluding hydrogens is 195 g/mol. The Hall–Kier alpha value is -0.00805. The van der Waals surface area contributed by atoms with Crippen LogP contribution in [-0.2, 0) is 26.7 Å². The first-order valence-electron chi connectivity index (χ1n) is 1.82. The van der Waals surface area contributed by atoms with E-state index >= 15 is 0 Å². The molecule has 0 aliphatic carbocycles. The molecule has 0 unspecified atom stereocenters. The van der Waals surface area contributed by atoms with Crippen LogP contribution in [0.25, 0.3) is 0 Å². The van der Waals surface area contributed by atoms with Gasteiger partial charge in [0.2, 0.25) is 0 Å². The van der Waals surface area contributed by atoms with E-state index < -0.39 is 11.9 Å². The second kappa shape index (κ2) is 16.0. The monoisotopic (exact) mass is 201 g/mol. The van der Waals surface area contributed by atoms with Crippen molar-refractivity contribution in [2.24, 2.45) is 0 Å². The molecule has 0 aliphatic heterocycles. The van der Waals surface area contributed by atoms with Crippen molar-refractivity contribution in [3.8, 4) is 0 Å². The van der Waals surface area contributed by atoms with Crippen LogP contribution in [0.15, 0.2) is 0 Å². The molecular formula is C4H6AlFeO4+3. The molecule has 0 fully saturated rings. The summed E-state index contributed by atoms with van der Waals surface area (Å²) in [6.45, 7) is 1.94. The molecule has 4 nitrogen and oxygen atoms in total. The van der Waals surface area contributed by atoms with E-state index in [0.717, 1.165) is 13.8 Å². The van der Waals surface area contributed by atoms with Crippen LogP contribution in [0.4, 0.5) is 0 Å². The third kappa shape index (κ3) is 6030000. The van der Waals surface area contributed by atoms with Crippen molar-refractivity contribution in [3.05, 3.63) is 0 Å². The maximum absolute atomic E-state index is 8.89. The topological polar surface area (TPSA) is 80.3 Å². The van der Waals surface area contributed by atoms with E-state index in [-0.39, 0.29) is 34.4 Å². The summed E-state index contributed by atoms with van der Waals surface area (Å²) in [5, 5.41) is 17.8. The SMILES string of the molecule is CC(=O)[O-].CC(=O)[O-].[Al+3].[Fe+2]. The van der Waals surface area contributed by atoms with Crippen LogP contribution in [0.5, 0.6) is 0 Å². The average molecular weight is 201 g/mol. The molecule has 0 aromatic rings. The summed E-state index contributed by atoms with van der Waals surface area (Å²) in [6, 6.07) is 0. The molecule has 0 aromatic heterocycles. The van der Waals surface area contributed by atoms with E-state index in [1.54, 1.807) is 0 Å². The Balaban J connectivity index is -0.0000000300. The first kappa shape index (κ1) is 22.5. The zero-order valence-corrected chi connectivity index (χ0v) is 7.82. The Kier molecular flexibility index (Phi) is 36.0. The number of carboxylic acids is 2. The maximum Gasteiger partial charge on any atom is 3.00 e. The molecule has 54 valence electrons. The van der Waals surface area contributed by atoms with E-state index in [0.29, 0.717) is 0 Å². The molecule has 0 aromatic carbocycles. The fourth-order valence-electron chi connectivity index (χ4n) is 0. The predicted molar refractivity (Wildman–Crippen MR) is 27.1 cm³/mol. The van der Waals surface area contributed by atoms with Crippen molar-refractivity contribution < 1.29 is 36.9 Å². The zero-order valence-electron chi connectivity index (χ0n) is 5.56. The fourth-order valence-corrected chi connectivity index (χ4v) is 0. The number of carbonyl (C=O) groups excluding carboxylic acids is 2. The number of hydrogen-bond donors (Lipinski definition) is 0. The normalized spacial score (nSPS) is 5.00. The third-order valence-corrected chi connectivity index (χ3v) is 0. The minimum atomic E-state index is -1.08. The van der Waals surface area contributed by atoms with Gasteiger partial charge in [0.25, 0.3) is 0 Å². The first-order chi connectivity index (χ1) is 3.46. The minimum Gasteiger partial charge on any atom is -0.550 e. The molecule has 0 radical (unpaired) electrons. The van der Waals surface area contributed by atoms with Gasteiger partial charge in [-0.2, -0.15) is 0 Å². The Morgan fingerprint density at radius 2 is 1.00 bits per heavy atom. The Bertz CT molecular complexity index is 75.3. The summed E-state index contributed by atoms with van der Waals surface area (Å²) in [5.41, 5.74) is 0. The van der Waals surface area contributed by atoms with Gasteiger partial charge in [-0.3, -0.25) is 0 Å². The quantitative estimate of drug-likeness (QED) is 0.394. The summed E-state index contributed by atoms with van der Waals surface area (Å²) < 4.78 is 0. The van der Waals surface area contributed by atoms with Crippen LogP contribution in [0.1, 0.15) is 13.8 Å². The van der Waals surface area contributed by atoms with Crippen molar-refractivity contribution in [2.45, 2.75) is 13.8 Å². The molecule has 0 atom stereocenters. The molecule has 0 heterocycles. The average Bonchev–Trinajstić information content (AvgIpc) is 1.25. The van der Waals surface area contributed by atoms with Gasteiger partial charge in [-0.15, -0.1) is 0 Å². The van der Waals surface area contributed by atoms with Crippen molar-refractivity contribution >= 4 is 29.3 Å². The van der Waals surface area contributed by atoms with Crippen LogP contribution < -0.4 is 10.2 Å². The number of hydrogen-bond acceptors (Lipinski definition) is 4. The van der Waals surface area contributed by atoms with Crippen LogP contribution in [0.3, 0.4) is 0 Å². The molecule has 0 rings (SSSR count). The van der Waals surface area contributed by atoms with Gasteiger partial charge in [0.15, 0.2) is 0 Å². The summed E-state index contributed by atoms with van der Waals surface area (Å²) in [6.07, 6.45) is 0. The van der Waals surface area contributed by atoms with Gasteiger partial charge in [-0.05, 0) is 13.8 Å². The summed E-state index contributed by atoms with van der Waals surface area (Å²) in [4.78, 5) is 17.8. The van der Waals surface area contributed by atoms with E-state index in [4.69, 9.17) is 19.8 Å². The smallest absolute Gasteiger partial charge is 0.550 e. The fraction of sp³-hybridized carbons (Fsp3) is 0.500. The summed E-state index contributed by atoms with van der Waals surface area (Å²) in [5.74, 6) is -2.17. The molecule has 10 heavy (non-hydrogen) atoms. The first-order valence-corrected chi connectivity index (χ1v) is 1.82. The third-order valence-electron chi connectivity index (χ3n) is 0.